The van der Waals surface area contributed by atoms with Crippen LogP contribution in [0.3, 0.4) is 0 Å². The van der Waals surface area contributed by atoms with Crippen LogP contribution in [0.2, 0.25) is 10.0 Å². The molecule has 2 aliphatic heterocycles. The van der Waals surface area contributed by atoms with Crippen LogP contribution in [-0.4, -0.2) is 39.8 Å². The standard InChI is InChI=1S/C24H20Cl2N4O2S/c25-20-2-1-15(5-21(20)26)9-28-4-3-16(6-22(28)31)19-10-30(33)23-18(19)7-17(8-27-23)29-11-24(12-29)13-32-14-24/h1-8,10,33H,9,11-14H2. The SMILES string of the molecule is O=c1cc(-c2cn(S)c3ncc(N4CC5(COC5)C4)cc23)ccn1Cc1ccc(Cl)c(Cl)c1. The number of hydrogen-bond acceptors (Lipinski definition) is 5. The van der Waals surface area contributed by atoms with Crippen molar-refractivity contribution < 1.29 is 4.74 Å². The molecule has 2 saturated heterocycles. The van der Waals surface area contributed by atoms with Crippen molar-refractivity contribution in [3.05, 3.63) is 81.0 Å². The Morgan fingerprint density at radius 2 is 1.91 bits per heavy atom. The maximum Gasteiger partial charge on any atom is 0.251 e. The van der Waals surface area contributed by atoms with E-state index in [-0.39, 0.29) is 5.56 Å². The van der Waals surface area contributed by atoms with Crippen LogP contribution in [-0.2, 0) is 11.3 Å². The molecule has 168 valence electrons. The van der Waals surface area contributed by atoms with Crippen LogP contribution >= 0.6 is 36.0 Å². The average Bonchev–Trinajstić information content (AvgIpc) is 3.06. The van der Waals surface area contributed by atoms with Gasteiger partial charge in [-0.05, 0) is 35.4 Å². The molecule has 5 heterocycles. The minimum atomic E-state index is -0.0996. The third-order valence-electron chi connectivity index (χ3n) is 6.49. The molecule has 9 heteroatoms. The molecule has 33 heavy (non-hydrogen) atoms. The zero-order valence-corrected chi connectivity index (χ0v) is 19.9. The van der Waals surface area contributed by atoms with E-state index in [4.69, 9.17) is 27.9 Å². The van der Waals surface area contributed by atoms with Crippen LogP contribution in [0.4, 0.5) is 5.69 Å². The number of anilines is 1. The van der Waals surface area contributed by atoms with Gasteiger partial charge >= 0.3 is 0 Å². The summed E-state index contributed by atoms with van der Waals surface area (Å²) in [5.74, 6) is 0. The highest BCUT2D eigenvalue weighted by Gasteiger charge is 2.49. The highest BCUT2D eigenvalue weighted by atomic mass is 35.5. The van der Waals surface area contributed by atoms with Gasteiger partial charge in [-0.3, -0.25) is 8.77 Å². The summed E-state index contributed by atoms with van der Waals surface area (Å²) in [6, 6.07) is 11.1. The summed E-state index contributed by atoms with van der Waals surface area (Å²) in [7, 11) is 0. The first-order chi connectivity index (χ1) is 15.9. The zero-order chi connectivity index (χ0) is 22.7. The van der Waals surface area contributed by atoms with Crippen molar-refractivity contribution >= 4 is 52.7 Å². The molecule has 2 aliphatic rings. The first-order valence-corrected chi connectivity index (χ1v) is 11.7. The molecule has 0 aliphatic carbocycles. The van der Waals surface area contributed by atoms with Gasteiger partial charge in [-0.2, -0.15) is 0 Å². The number of rotatable bonds is 4. The number of thiol groups is 1. The predicted octanol–water partition coefficient (Wildman–Crippen LogP) is 4.75. The molecule has 0 N–H and O–H groups in total. The van der Waals surface area contributed by atoms with Gasteiger partial charge in [-0.25, -0.2) is 4.98 Å². The topological polar surface area (TPSA) is 52.3 Å². The van der Waals surface area contributed by atoms with Crippen molar-refractivity contribution in [3.8, 4) is 11.1 Å². The lowest BCUT2D eigenvalue weighted by Gasteiger charge is -2.55. The number of halogens is 2. The summed E-state index contributed by atoms with van der Waals surface area (Å²) in [4.78, 5) is 19.9. The minimum absolute atomic E-state index is 0.0996. The van der Waals surface area contributed by atoms with E-state index >= 15 is 0 Å². The molecule has 0 amide bonds. The van der Waals surface area contributed by atoms with Gasteiger partial charge in [-0.1, -0.05) is 42.1 Å². The van der Waals surface area contributed by atoms with Crippen molar-refractivity contribution in [3.63, 3.8) is 0 Å². The minimum Gasteiger partial charge on any atom is -0.380 e. The highest BCUT2D eigenvalue weighted by Crippen LogP contribution is 2.41. The summed E-state index contributed by atoms with van der Waals surface area (Å²) in [5.41, 5.74) is 4.73. The largest absolute Gasteiger partial charge is 0.380 e. The van der Waals surface area contributed by atoms with E-state index in [2.05, 4.69) is 28.8 Å². The van der Waals surface area contributed by atoms with Crippen molar-refractivity contribution in [1.29, 1.82) is 0 Å². The predicted molar refractivity (Wildman–Crippen MR) is 135 cm³/mol. The number of hydrogen-bond donors (Lipinski definition) is 1. The van der Waals surface area contributed by atoms with Crippen LogP contribution in [0.1, 0.15) is 5.56 Å². The zero-order valence-electron chi connectivity index (χ0n) is 17.5. The van der Waals surface area contributed by atoms with Gasteiger partial charge in [0, 0.05) is 42.5 Å². The Labute approximate surface area is 205 Å². The van der Waals surface area contributed by atoms with Gasteiger partial charge in [0.25, 0.3) is 5.56 Å². The van der Waals surface area contributed by atoms with Gasteiger partial charge in [0.05, 0.1) is 47.1 Å². The average molecular weight is 499 g/mol. The lowest BCUT2D eigenvalue weighted by molar-refractivity contribution is -0.127. The smallest absolute Gasteiger partial charge is 0.251 e. The Bertz CT molecular complexity index is 1450. The van der Waals surface area contributed by atoms with E-state index in [1.165, 1.54) is 0 Å². The molecule has 0 saturated carbocycles. The summed E-state index contributed by atoms with van der Waals surface area (Å²) in [6.07, 6.45) is 5.59. The molecular formula is C24H20Cl2N4O2S. The third-order valence-corrected chi connectivity index (χ3v) is 7.53. The summed E-state index contributed by atoms with van der Waals surface area (Å²) in [6.45, 7) is 4.08. The number of nitrogens with zero attached hydrogens (tertiary/aromatic N) is 4. The van der Waals surface area contributed by atoms with E-state index in [1.807, 2.05) is 24.5 Å². The Morgan fingerprint density at radius 1 is 1.09 bits per heavy atom. The fourth-order valence-electron chi connectivity index (χ4n) is 4.64. The molecule has 6 rings (SSSR count). The van der Waals surface area contributed by atoms with Gasteiger partial charge < -0.3 is 14.2 Å². The Balaban J connectivity index is 1.32. The second kappa shape index (κ2) is 7.81. The lowest BCUT2D eigenvalue weighted by Crippen LogP contribution is -2.66. The van der Waals surface area contributed by atoms with Crippen LogP contribution < -0.4 is 10.5 Å². The Morgan fingerprint density at radius 3 is 2.61 bits per heavy atom. The van der Waals surface area contributed by atoms with Crippen molar-refractivity contribution in [2.24, 2.45) is 5.41 Å². The van der Waals surface area contributed by atoms with Crippen LogP contribution in [0, 0.1) is 5.41 Å². The molecule has 0 unspecified atom stereocenters. The molecule has 0 radical (unpaired) electrons. The molecule has 3 aromatic heterocycles. The second-order valence-corrected chi connectivity index (χ2v) is 10.2. The molecule has 0 bridgehead atoms. The van der Waals surface area contributed by atoms with Crippen LogP contribution in [0.5, 0.6) is 0 Å². The molecule has 1 spiro atoms. The van der Waals surface area contributed by atoms with E-state index in [0.717, 1.165) is 59.7 Å². The fraction of sp³-hybridized carbons (Fsp3) is 0.250. The van der Waals surface area contributed by atoms with Crippen molar-refractivity contribution in [2.45, 2.75) is 6.54 Å². The second-order valence-electron chi connectivity index (χ2n) is 8.93. The van der Waals surface area contributed by atoms with Gasteiger partial charge in [0.15, 0.2) is 5.65 Å². The monoisotopic (exact) mass is 498 g/mol. The van der Waals surface area contributed by atoms with Crippen LogP contribution in [0.15, 0.2) is 59.8 Å². The Kier molecular flexibility index (Phi) is 4.99. The van der Waals surface area contributed by atoms with Gasteiger partial charge in [0.1, 0.15) is 0 Å². The fourth-order valence-corrected chi connectivity index (χ4v) is 5.24. The lowest BCUT2D eigenvalue weighted by atomic mass is 9.78. The first kappa shape index (κ1) is 21.1. The molecule has 0 atom stereocenters. The normalized spacial score (nSPS) is 16.8. The molecule has 1 aromatic carbocycles. The van der Waals surface area contributed by atoms with E-state index in [1.54, 1.807) is 32.9 Å². The summed E-state index contributed by atoms with van der Waals surface area (Å²) in [5, 5.41) is 1.94. The van der Waals surface area contributed by atoms with Gasteiger partial charge in [-0.15, -0.1) is 0 Å². The van der Waals surface area contributed by atoms with Crippen molar-refractivity contribution in [1.82, 2.24) is 13.5 Å². The van der Waals surface area contributed by atoms with E-state index in [9.17, 15) is 4.79 Å². The number of aromatic nitrogens is 3. The summed E-state index contributed by atoms with van der Waals surface area (Å²) < 4.78 is 8.73. The highest BCUT2D eigenvalue weighted by molar-refractivity contribution is 7.78. The van der Waals surface area contributed by atoms with Crippen LogP contribution in [0.25, 0.3) is 22.2 Å². The van der Waals surface area contributed by atoms with E-state index < -0.39 is 0 Å². The van der Waals surface area contributed by atoms with Crippen molar-refractivity contribution in [2.75, 3.05) is 31.2 Å². The maximum absolute atomic E-state index is 12.9. The molecule has 2 fully saturated rings. The first-order valence-electron chi connectivity index (χ1n) is 10.6. The number of ether oxygens (including phenoxy) is 1. The number of pyridine rings is 2. The molecular weight excluding hydrogens is 479 g/mol. The third kappa shape index (κ3) is 3.64. The van der Waals surface area contributed by atoms with Gasteiger partial charge in [0.2, 0.25) is 0 Å². The molecule has 6 nitrogen and oxygen atoms in total. The maximum atomic E-state index is 12.9. The quantitative estimate of drug-likeness (QED) is 0.412. The number of fused-ring (bicyclic) bond motifs is 1. The summed E-state index contributed by atoms with van der Waals surface area (Å²) >= 11 is 16.7. The Hall–Kier alpha value is -2.45. The van der Waals surface area contributed by atoms with E-state index in [0.29, 0.717) is 22.0 Å². The molecule has 4 aromatic rings. The number of benzene rings is 1.